The molecule has 0 aliphatic carbocycles. The van der Waals surface area contributed by atoms with Crippen LogP contribution in [0.5, 0.6) is 0 Å². The monoisotopic (exact) mass is 369 g/mol. The van der Waals surface area contributed by atoms with E-state index in [1.165, 1.54) is 16.2 Å². The van der Waals surface area contributed by atoms with Crippen molar-refractivity contribution in [2.75, 3.05) is 6.54 Å². The maximum atomic E-state index is 12.9. The Kier molecular flexibility index (Phi) is 4.24. The number of fused-ring (bicyclic) bond motifs is 1. The van der Waals surface area contributed by atoms with Gasteiger partial charge in [-0.15, -0.1) is 11.3 Å². The molecule has 0 bridgehead atoms. The Balaban J connectivity index is 1.66. The minimum absolute atomic E-state index is 0.193. The van der Waals surface area contributed by atoms with Crippen LogP contribution in [0.2, 0.25) is 0 Å². The van der Waals surface area contributed by atoms with E-state index < -0.39 is 12.0 Å². The van der Waals surface area contributed by atoms with Gasteiger partial charge >= 0.3 is 5.97 Å². The highest BCUT2D eigenvalue weighted by molar-refractivity contribution is 7.20. The fraction of sp³-hybridized carbons (Fsp3) is 0.316. The van der Waals surface area contributed by atoms with Gasteiger partial charge in [-0.05, 0) is 31.4 Å². The van der Waals surface area contributed by atoms with Crippen molar-refractivity contribution < 1.29 is 14.7 Å². The van der Waals surface area contributed by atoms with Gasteiger partial charge in [-0.25, -0.2) is 4.79 Å². The second kappa shape index (κ2) is 6.57. The molecule has 1 amide bonds. The van der Waals surface area contributed by atoms with Crippen LogP contribution in [0.4, 0.5) is 0 Å². The van der Waals surface area contributed by atoms with Crippen molar-refractivity contribution in [2.45, 2.75) is 32.4 Å². The molecule has 7 heteroatoms. The summed E-state index contributed by atoms with van der Waals surface area (Å²) in [5, 5.41) is 14.9. The maximum Gasteiger partial charge on any atom is 0.326 e. The molecule has 134 valence electrons. The Labute approximate surface area is 154 Å². The van der Waals surface area contributed by atoms with Crippen molar-refractivity contribution in [1.29, 1.82) is 0 Å². The summed E-state index contributed by atoms with van der Waals surface area (Å²) >= 11 is 1.39. The first kappa shape index (κ1) is 16.8. The van der Waals surface area contributed by atoms with Crippen molar-refractivity contribution >= 4 is 33.4 Å². The number of benzene rings is 1. The summed E-state index contributed by atoms with van der Waals surface area (Å²) < 4.78 is 1.92. The van der Waals surface area contributed by atoms with Crippen molar-refractivity contribution in [3.63, 3.8) is 0 Å². The van der Waals surface area contributed by atoms with Crippen LogP contribution in [0.25, 0.3) is 10.2 Å². The fourth-order valence-corrected chi connectivity index (χ4v) is 4.61. The number of thiophene rings is 1. The largest absolute Gasteiger partial charge is 0.480 e. The third kappa shape index (κ3) is 2.88. The molecule has 2 aromatic heterocycles. The molecule has 0 saturated carbocycles. The summed E-state index contributed by atoms with van der Waals surface area (Å²) in [4.78, 5) is 27.2. The van der Waals surface area contributed by atoms with Crippen molar-refractivity contribution in [3.8, 4) is 0 Å². The third-order valence-electron chi connectivity index (χ3n) is 4.79. The number of carbonyl (C=O) groups is 2. The number of likely N-dealkylation sites (tertiary alicyclic amines) is 1. The quantitative estimate of drug-likeness (QED) is 0.767. The van der Waals surface area contributed by atoms with Gasteiger partial charge in [-0.2, -0.15) is 5.10 Å². The second-order valence-corrected chi connectivity index (χ2v) is 7.58. The lowest BCUT2D eigenvalue weighted by molar-refractivity contribution is -0.141. The zero-order chi connectivity index (χ0) is 18.3. The van der Waals surface area contributed by atoms with Gasteiger partial charge in [0.05, 0.1) is 17.1 Å². The Morgan fingerprint density at radius 3 is 2.81 bits per heavy atom. The number of carboxylic acids is 1. The Bertz CT molecular complexity index is 977. The minimum Gasteiger partial charge on any atom is -0.480 e. The number of rotatable bonds is 4. The number of hydrogen-bond acceptors (Lipinski definition) is 4. The van der Waals surface area contributed by atoms with E-state index in [4.69, 9.17) is 0 Å². The van der Waals surface area contributed by atoms with Gasteiger partial charge < -0.3 is 10.0 Å². The van der Waals surface area contributed by atoms with Crippen LogP contribution in [0.3, 0.4) is 0 Å². The zero-order valence-corrected chi connectivity index (χ0v) is 15.2. The van der Waals surface area contributed by atoms with Crippen LogP contribution >= 0.6 is 11.3 Å². The lowest BCUT2D eigenvalue weighted by Gasteiger charge is -2.20. The van der Waals surface area contributed by atoms with Crippen LogP contribution in [0.15, 0.2) is 36.4 Å². The number of amides is 1. The predicted octanol–water partition coefficient (Wildman–Crippen LogP) is 3.14. The molecule has 4 rings (SSSR count). The van der Waals surface area contributed by atoms with E-state index in [9.17, 15) is 14.7 Å². The molecule has 1 fully saturated rings. The molecule has 3 heterocycles. The summed E-state index contributed by atoms with van der Waals surface area (Å²) in [5.41, 5.74) is 2.02. The molecule has 6 nitrogen and oxygen atoms in total. The summed E-state index contributed by atoms with van der Waals surface area (Å²) in [5.74, 6) is -1.12. The van der Waals surface area contributed by atoms with Gasteiger partial charge in [-0.1, -0.05) is 30.3 Å². The van der Waals surface area contributed by atoms with Crippen molar-refractivity contribution in [2.24, 2.45) is 0 Å². The Morgan fingerprint density at radius 1 is 1.31 bits per heavy atom. The number of carboxylic acid groups (broad SMARTS) is 1. The highest BCUT2D eigenvalue weighted by Gasteiger charge is 2.35. The number of aromatic nitrogens is 2. The molecule has 1 N–H and O–H groups in total. The van der Waals surface area contributed by atoms with Gasteiger partial charge in [-0.3, -0.25) is 9.48 Å². The smallest absolute Gasteiger partial charge is 0.326 e. The minimum atomic E-state index is -0.927. The van der Waals surface area contributed by atoms with E-state index in [2.05, 4.69) is 5.10 Å². The molecule has 0 unspecified atom stereocenters. The molecule has 0 radical (unpaired) electrons. The molecule has 1 aliphatic heterocycles. The van der Waals surface area contributed by atoms with Crippen LogP contribution < -0.4 is 0 Å². The van der Waals surface area contributed by atoms with Crippen LogP contribution in [0.1, 0.15) is 33.8 Å². The lowest BCUT2D eigenvalue weighted by Crippen LogP contribution is -2.40. The SMILES string of the molecule is Cc1nn(Cc2ccccc2)c2sc(C(=O)N3CCC[C@@H]3C(=O)O)cc12. The van der Waals surface area contributed by atoms with Gasteiger partial charge in [0.2, 0.25) is 0 Å². The van der Waals surface area contributed by atoms with E-state index in [1.807, 2.05) is 48.0 Å². The molecule has 1 aromatic carbocycles. The first-order valence-corrected chi connectivity index (χ1v) is 9.41. The third-order valence-corrected chi connectivity index (χ3v) is 5.93. The van der Waals surface area contributed by atoms with E-state index >= 15 is 0 Å². The standard InChI is InChI=1S/C19H19N3O3S/c1-12-14-10-16(17(23)21-9-5-8-15(21)19(24)25)26-18(14)22(20-12)11-13-6-3-2-4-7-13/h2-4,6-7,10,15H,5,8-9,11H2,1H3,(H,24,25)/t15-/m1/s1. The van der Waals surface area contributed by atoms with Gasteiger partial charge in [0.1, 0.15) is 10.9 Å². The molecule has 1 atom stereocenters. The molecular weight excluding hydrogens is 350 g/mol. The summed E-state index contributed by atoms with van der Waals surface area (Å²) in [7, 11) is 0. The van der Waals surface area contributed by atoms with Crippen molar-refractivity contribution in [3.05, 3.63) is 52.5 Å². The number of nitrogens with zero attached hydrogens (tertiary/aromatic N) is 3. The van der Waals surface area contributed by atoms with E-state index in [-0.39, 0.29) is 5.91 Å². The van der Waals surface area contributed by atoms with Crippen molar-refractivity contribution in [1.82, 2.24) is 14.7 Å². The van der Waals surface area contributed by atoms with Gasteiger partial charge in [0.25, 0.3) is 5.91 Å². The number of aliphatic carboxylic acids is 1. The maximum absolute atomic E-state index is 12.9. The van der Waals surface area contributed by atoms with Crippen LogP contribution in [-0.4, -0.2) is 44.3 Å². The van der Waals surface area contributed by atoms with Gasteiger partial charge in [0, 0.05) is 11.9 Å². The van der Waals surface area contributed by atoms with Crippen LogP contribution in [0, 0.1) is 6.92 Å². The molecular formula is C19H19N3O3S. The zero-order valence-electron chi connectivity index (χ0n) is 14.4. The fourth-order valence-electron chi connectivity index (χ4n) is 3.49. The van der Waals surface area contributed by atoms with E-state index in [1.54, 1.807) is 0 Å². The Hall–Kier alpha value is -2.67. The van der Waals surface area contributed by atoms with Gasteiger partial charge in [0.15, 0.2) is 0 Å². The van der Waals surface area contributed by atoms with E-state index in [0.717, 1.165) is 27.9 Å². The number of hydrogen-bond donors (Lipinski definition) is 1. The van der Waals surface area contributed by atoms with E-state index in [0.29, 0.717) is 24.4 Å². The molecule has 1 aliphatic rings. The highest BCUT2D eigenvalue weighted by Crippen LogP contribution is 2.31. The molecule has 26 heavy (non-hydrogen) atoms. The Morgan fingerprint density at radius 2 is 2.08 bits per heavy atom. The summed E-state index contributed by atoms with van der Waals surface area (Å²) in [6.45, 7) is 3.07. The molecule has 1 saturated heterocycles. The molecule has 3 aromatic rings. The first-order chi connectivity index (χ1) is 12.5. The normalized spacial score (nSPS) is 17.1. The summed E-state index contributed by atoms with van der Waals surface area (Å²) in [6, 6.07) is 11.2. The first-order valence-electron chi connectivity index (χ1n) is 8.59. The average Bonchev–Trinajstić information content (AvgIpc) is 3.33. The lowest BCUT2D eigenvalue weighted by atomic mass is 10.2. The summed E-state index contributed by atoms with van der Waals surface area (Å²) in [6.07, 6.45) is 1.25. The van der Waals surface area contributed by atoms with Crippen LogP contribution in [-0.2, 0) is 11.3 Å². The predicted molar refractivity (Wildman–Crippen MR) is 99.6 cm³/mol. The average molecular weight is 369 g/mol. The topological polar surface area (TPSA) is 75.4 Å². The highest BCUT2D eigenvalue weighted by atomic mass is 32.1. The second-order valence-electron chi connectivity index (χ2n) is 6.55. The molecule has 0 spiro atoms. The number of carbonyl (C=O) groups excluding carboxylic acids is 1. The number of aryl methyl sites for hydroxylation is 1.